The largest absolute Gasteiger partial charge is 0.496 e. The van der Waals surface area contributed by atoms with Crippen LogP contribution in [0.15, 0.2) is 18.2 Å². The van der Waals surface area contributed by atoms with Gasteiger partial charge in [-0.15, -0.1) is 0 Å². The quantitative estimate of drug-likeness (QED) is 0.738. The number of alkyl carbamates (subject to hydrolysis) is 1. The first kappa shape index (κ1) is 15.3. The Morgan fingerprint density at radius 1 is 1.32 bits per heavy atom. The Bertz CT molecular complexity index is 408. The van der Waals surface area contributed by atoms with Gasteiger partial charge in [0.2, 0.25) is 0 Å². The minimum atomic E-state index is -0.399. The van der Waals surface area contributed by atoms with E-state index in [4.69, 9.17) is 9.47 Å². The van der Waals surface area contributed by atoms with Crippen molar-refractivity contribution in [2.24, 2.45) is 0 Å². The highest BCUT2D eigenvalue weighted by Gasteiger charge is 2.05. The van der Waals surface area contributed by atoms with Crippen LogP contribution in [0.5, 0.6) is 5.75 Å². The Hall–Kier alpha value is -1.75. The molecule has 0 heterocycles. The van der Waals surface area contributed by atoms with Gasteiger partial charge in [0.25, 0.3) is 0 Å². The smallest absolute Gasteiger partial charge is 0.407 e. The highest BCUT2D eigenvalue weighted by Crippen LogP contribution is 2.20. The molecule has 0 aliphatic carbocycles. The highest BCUT2D eigenvalue weighted by atomic mass is 16.5. The van der Waals surface area contributed by atoms with Gasteiger partial charge < -0.3 is 20.1 Å². The number of amides is 1. The molecule has 1 rings (SSSR count). The predicted octanol–water partition coefficient (Wildman–Crippen LogP) is 1.70. The van der Waals surface area contributed by atoms with Gasteiger partial charge in [-0.1, -0.05) is 13.0 Å². The Morgan fingerprint density at radius 2 is 2.11 bits per heavy atom. The Morgan fingerprint density at radius 3 is 2.74 bits per heavy atom. The third-order valence-corrected chi connectivity index (χ3v) is 2.74. The molecule has 2 N–H and O–H groups in total. The second kappa shape index (κ2) is 8.37. The summed E-state index contributed by atoms with van der Waals surface area (Å²) >= 11 is 0. The van der Waals surface area contributed by atoms with Crippen molar-refractivity contribution >= 4 is 6.09 Å². The van der Waals surface area contributed by atoms with Gasteiger partial charge in [-0.2, -0.15) is 0 Å². The normalized spacial score (nSPS) is 10.1. The number of rotatable bonds is 7. The Kier molecular flexibility index (Phi) is 6.74. The molecule has 1 aromatic rings. The van der Waals surface area contributed by atoms with E-state index in [2.05, 4.69) is 17.6 Å². The van der Waals surface area contributed by atoms with Crippen LogP contribution in [0, 0.1) is 0 Å². The van der Waals surface area contributed by atoms with Crippen molar-refractivity contribution in [3.8, 4) is 5.75 Å². The van der Waals surface area contributed by atoms with Crippen LogP contribution in [0.3, 0.4) is 0 Å². The average Bonchev–Trinajstić information content (AvgIpc) is 2.45. The first-order chi connectivity index (χ1) is 9.21. The molecule has 0 aliphatic rings. The first-order valence-corrected chi connectivity index (χ1v) is 6.42. The van der Waals surface area contributed by atoms with Gasteiger partial charge in [0.1, 0.15) is 12.4 Å². The molecule has 19 heavy (non-hydrogen) atoms. The molecular weight excluding hydrogens is 244 g/mol. The third kappa shape index (κ3) is 5.18. The van der Waals surface area contributed by atoms with Crippen LogP contribution in [-0.4, -0.2) is 33.3 Å². The number of ether oxygens (including phenoxy) is 2. The molecule has 0 aliphatic heterocycles. The van der Waals surface area contributed by atoms with Crippen molar-refractivity contribution in [2.45, 2.75) is 20.0 Å². The zero-order valence-corrected chi connectivity index (χ0v) is 11.8. The molecule has 0 saturated heterocycles. The van der Waals surface area contributed by atoms with Crippen LogP contribution in [-0.2, 0) is 17.8 Å². The van der Waals surface area contributed by atoms with E-state index in [0.29, 0.717) is 6.54 Å². The number of carbonyl (C=O) groups is 1. The van der Waals surface area contributed by atoms with E-state index in [1.54, 1.807) is 7.11 Å². The molecule has 0 radical (unpaired) electrons. The lowest BCUT2D eigenvalue weighted by Crippen LogP contribution is -2.30. The van der Waals surface area contributed by atoms with Gasteiger partial charge in [-0.05, 0) is 36.7 Å². The lowest BCUT2D eigenvalue weighted by molar-refractivity contribution is 0.139. The summed E-state index contributed by atoms with van der Waals surface area (Å²) in [6.45, 7) is 3.60. The number of likely N-dealkylation sites (N-methyl/N-ethyl adjacent to an activating group) is 1. The maximum atomic E-state index is 11.4. The fourth-order valence-corrected chi connectivity index (χ4v) is 1.69. The minimum absolute atomic E-state index is 0.266. The summed E-state index contributed by atoms with van der Waals surface area (Å²) < 4.78 is 10.4. The molecule has 5 heteroatoms. The molecule has 1 amide bonds. The van der Waals surface area contributed by atoms with Gasteiger partial charge >= 0.3 is 6.09 Å². The summed E-state index contributed by atoms with van der Waals surface area (Å²) in [6.07, 6.45) is 0.481. The molecule has 1 aromatic carbocycles. The Balaban J connectivity index is 2.47. The van der Waals surface area contributed by atoms with Crippen LogP contribution in [0.25, 0.3) is 0 Å². The van der Waals surface area contributed by atoms with Gasteiger partial charge in [0.05, 0.1) is 7.11 Å². The van der Waals surface area contributed by atoms with Crippen molar-refractivity contribution in [3.05, 3.63) is 29.3 Å². The van der Waals surface area contributed by atoms with Crippen molar-refractivity contribution < 1.29 is 14.3 Å². The SMILES string of the molecule is CCc1cc(COC(=O)NCCNC)ccc1OC. The van der Waals surface area contributed by atoms with E-state index in [9.17, 15) is 4.79 Å². The lowest BCUT2D eigenvalue weighted by atomic mass is 10.1. The van der Waals surface area contributed by atoms with Crippen LogP contribution < -0.4 is 15.4 Å². The van der Waals surface area contributed by atoms with E-state index in [0.717, 1.165) is 29.8 Å². The van der Waals surface area contributed by atoms with Gasteiger partial charge in [0.15, 0.2) is 0 Å². The molecule has 0 unspecified atom stereocenters. The summed E-state index contributed by atoms with van der Waals surface area (Å²) in [4.78, 5) is 11.4. The zero-order valence-electron chi connectivity index (χ0n) is 11.8. The molecule has 0 bridgehead atoms. The summed E-state index contributed by atoms with van der Waals surface area (Å²) in [5.74, 6) is 0.865. The van der Waals surface area contributed by atoms with Crippen molar-refractivity contribution in [1.82, 2.24) is 10.6 Å². The fraction of sp³-hybridized carbons (Fsp3) is 0.500. The number of hydrogen-bond donors (Lipinski definition) is 2. The standard InChI is InChI=1S/C14H22N2O3/c1-4-12-9-11(5-6-13(12)18-3)10-19-14(17)16-8-7-15-2/h5-6,9,15H,4,7-8,10H2,1-3H3,(H,16,17). The summed E-state index contributed by atoms with van der Waals surface area (Å²) in [5, 5.41) is 5.60. The molecule has 0 spiro atoms. The van der Waals surface area contributed by atoms with E-state index in [-0.39, 0.29) is 6.61 Å². The molecule has 5 nitrogen and oxygen atoms in total. The summed E-state index contributed by atoms with van der Waals surface area (Å²) in [5.41, 5.74) is 2.07. The number of carbonyl (C=O) groups excluding carboxylic acids is 1. The zero-order chi connectivity index (χ0) is 14.1. The monoisotopic (exact) mass is 266 g/mol. The molecule has 106 valence electrons. The molecule has 0 atom stereocenters. The van der Waals surface area contributed by atoms with Crippen molar-refractivity contribution in [3.63, 3.8) is 0 Å². The highest BCUT2D eigenvalue weighted by molar-refractivity contribution is 5.67. The number of nitrogens with one attached hydrogen (secondary N) is 2. The predicted molar refractivity (Wildman–Crippen MR) is 74.5 cm³/mol. The van der Waals surface area contributed by atoms with Crippen molar-refractivity contribution in [1.29, 1.82) is 0 Å². The lowest BCUT2D eigenvalue weighted by Gasteiger charge is -2.10. The van der Waals surface area contributed by atoms with Crippen LogP contribution in [0.1, 0.15) is 18.1 Å². The molecule has 0 aromatic heterocycles. The maximum Gasteiger partial charge on any atom is 0.407 e. The van der Waals surface area contributed by atoms with E-state index < -0.39 is 6.09 Å². The number of benzene rings is 1. The second-order valence-electron chi connectivity index (χ2n) is 4.11. The molecule has 0 saturated carbocycles. The van der Waals surface area contributed by atoms with Gasteiger partial charge in [0, 0.05) is 13.1 Å². The van der Waals surface area contributed by atoms with Crippen molar-refractivity contribution in [2.75, 3.05) is 27.2 Å². The van der Waals surface area contributed by atoms with Crippen LogP contribution in [0.2, 0.25) is 0 Å². The van der Waals surface area contributed by atoms with Crippen LogP contribution >= 0.6 is 0 Å². The first-order valence-electron chi connectivity index (χ1n) is 6.42. The Labute approximate surface area is 114 Å². The van der Waals surface area contributed by atoms with E-state index in [1.807, 2.05) is 25.2 Å². The second-order valence-corrected chi connectivity index (χ2v) is 4.11. The molecule has 0 fully saturated rings. The average molecular weight is 266 g/mol. The van der Waals surface area contributed by atoms with Gasteiger partial charge in [-0.25, -0.2) is 4.79 Å². The van der Waals surface area contributed by atoms with E-state index >= 15 is 0 Å². The minimum Gasteiger partial charge on any atom is -0.496 e. The molecular formula is C14H22N2O3. The van der Waals surface area contributed by atoms with Gasteiger partial charge in [-0.3, -0.25) is 0 Å². The number of hydrogen-bond acceptors (Lipinski definition) is 4. The maximum absolute atomic E-state index is 11.4. The fourth-order valence-electron chi connectivity index (χ4n) is 1.69. The number of aryl methyl sites for hydroxylation is 1. The topological polar surface area (TPSA) is 59.6 Å². The van der Waals surface area contributed by atoms with E-state index in [1.165, 1.54) is 0 Å². The number of methoxy groups -OCH3 is 1. The summed E-state index contributed by atoms with van der Waals surface area (Å²) in [7, 11) is 3.48. The third-order valence-electron chi connectivity index (χ3n) is 2.74. The van der Waals surface area contributed by atoms with Crippen LogP contribution in [0.4, 0.5) is 4.79 Å². The summed E-state index contributed by atoms with van der Waals surface area (Å²) in [6, 6.07) is 5.80.